The van der Waals surface area contributed by atoms with Crippen molar-refractivity contribution in [3.8, 4) is 5.75 Å². The van der Waals surface area contributed by atoms with Crippen molar-refractivity contribution < 1.29 is 14.3 Å². The minimum absolute atomic E-state index is 0.109. The smallest absolute Gasteiger partial charge is 0.250 e. The van der Waals surface area contributed by atoms with Crippen LogP contribution in [0, 0.1) is 6.92 Å². The van der Waals surface area contributed by atoms with E-state index in [1.807, 2.05) is 49.6 Å². The van der Waals surface area contributed by atoms with Gasteiger partial charge in [-0.2, -0.15) is 0 Å². The van der Waals surface area contributed by atoms with Crippen LogP contribution >= 0.6 is 11.8 Å². The molecule has 0 saturated carbocycles. The summed E-state index contributed by atoms with van der Waals surface area (Å²) in [7, 11) is 0. The number of ether oxygens (including phenoxy) is 1. The Morgan fingerprint density at radius 3 is 2.68 bits per heavy atom. The van der Waals surface area contributed by atoms with Gasteiger partial charge in [-0.25, -0.2) is 0 Å². The first kappa shape index (κ1) is 22.4. The van der Waals surface area contributed by atoms with Gasteiger partial charge in [-0.3, -0.25) is 9.59 Å². The van der Waals surface area contributed by atoms with Gasteiger partial charge in [0.2, 0.25) is 5.91 Å². The Bertz CT molecular complexity index is 1080. The van der Waals surface area contributed by atoms with Gasteiger partial charge < -0.3 is 20.4 Å². The fourth-order valence-corrected chi connectivity index (χ4v) is 3.88. The lowest BCUT2D eigenvalue weighted by molar-refractivity contribution is -0.113. The van der Waals surface area contributed by atoms with Crippen molar-refractivity contribution in [2.45, 2.75) is 38.6 Å². The van der Waals surface area contributed by atoms with E-state index in [9.17, 15) is 9.59 Å². The lowest BCUT2D eigenvalue weighted by Gasteiger charge is -2.16. The predicted molar refractivity (Wildman–Crippen MR) is 120 cm³/mol. The highest BCUT2D eigenvalue weighted by atomic mass is 32.2. The molecule has 162 valence electrons. The topological polar surface area (TPSA) is 112 Å². The maximum atomic E-state index is 12.4. The fourth-order valence-electron chi connectivity index (χ4n) is 3.07. The molecule has 0 bridgehead atoms. The van der Waals surface area contributed by atoms with E-state index in [1.165, 1.54) is 11.8 Å². The van der Waals surface area contributed by atoms with E-state index in [0.717, 1.165) is 11.3 Å². The van der Waals surface area contributed by atoms with Crippen LogP contribution in [0.5, 0.6) is 5.75 Å². The fraction of sp³-hybridized carbons (Fsp3) is 0.273. The molecule has 0 aliphatic rings. The molecule has 9 heteroatoms. The predicted octanol–water partition coefficient (Wildman–Crippen LogP) is 3.58. The number of hydrogen-bond acceptors (Lipinski definition) is 6. The summed E-state index contributed by atoms with van der Waals surface area (Å²) in [6.45, 7) is 6.55. The van der Waals surface area contributed by atoms with Crippen molar-refractivity contribution in [1.82, 2.24) is 14.8 Å². The molecule has 3 aromatic rings. The second kappa shape index (κ2) is 10.1. The van der Waals surface area contributed by atoms with E-state index < -0.39 is 5.91 Å². The van der Waals surface area contributed by atoms with Crippen LogP contribution in [0.1, 0.15) is 41.7 Å². The SMILES string of the molecule is CCn1c(SCC(=O)Nc2ccccc2C(N)=O)nnc1C(C)Oc1cccc(C)c1. The summed E-state index contributed by atoms with van der Waals surface area (Å²) in [6, 6.07) is 14.4. The second-order valence-corrected chi connectivity index (χ2v) is 7.85. The van der Waals surface area contributed by atoms with E-state index in [-0.39, 0.29) is 23.3 Å². The number of amides is 2. The maximum absolute atomic E-state index is 12.4. The molecule has 0 spiro atoms. The monoisotopic (exact) mass is 439 g/mol. The van der Waals surface area contributed by atoms with Crippen LogP contribution in [0.3, 0.4) is 0 Å². The average Bonchev–Trinajstić information content (AvgIpc) is 3.15. The number of rotatable bonds is 9. The molecular formula is C22H25N5O3S. The molecule has 1 heterocycles. The Morgan fingerprint density at radius 1 is 1.19 bits per heavy atom. The number of carbonyl (C=O) groups excluding carboxylic acids is 2. The first-order chi connectivity index (χ1) is 14.9. The van der Waals surface area contributed by atoms with Gasteiger partial charge in [-0.1, -0.05) is 36.0 Å². The molecule has 0 fully saturated rings. The largest absolute Gasteiger partial charge is 0.483 e. The lowest BCUT2D eigenvalue weighted by Crippen LogP contribution is -2.19. The summed E-state index contributed by atoms with van der Waals surface area (Å²) in [5, 5.41) is 11.9. The van der Waals surface area contributed by atoms with E-state index in [2.05, 4.69) is 15.5 Å². The third kappa shape index (κ3) is 5.64. The molecule has 1 atom stereocenters. The average molecular weight is 440 g/mol. The van der Waals surface area contributed by atoms with Crippen LogP contribution in [0.2, 0.25) is 0 Å². The molecule has 2 amide bonds. The summed E-state index contributed by atoms with van der Waals surface area (Å²) >= 11 is 1.27. The van der Waals surface area contributed by atoms with Gasteiger partial charge in [0.05, 0.1) is 17.0 Å². The van der Waals surface area contributed by atoms with Gasteiger partial charge in [0.15, 0.2) is 17.1 Å². The summed E-state index contributed by atoms with van der Waals surface area (Å²) in [5.41, 5.74) is 7.12. The number of carbonyl (C=O) groups is 2. The Labute approximate surface area is 185 Å². The van der Waals surface area contributed by atoms with Crippen molar-refractivity contribution in [1.29, 1.82) is 0 Å². The summed E-state index contributed by atoms with van der Waals surface area (Å²) < 4.78 is 7.95. The number of hydrogen-bond donors (Lipinski definition) is 2. The number of nitrogens with one attached hydrogen (secondary N) is 1. The third-order valence-electron chi connectivity index (χ3n) is 4.53. The Morgan fingerprint density at radius 2 is 1.97 bits per heavy atom. The number of nitrogens with zero attached hydrogens (tertiary/aromatic N) is 3. The molecular weight excluding hydrogens is 414 g/mol. The number of aryl methyl sites for hydroxylation is 1. The molecule has 0 saturated heterocycles. The van der Waals surface area contributed by atoms with E-state index in [1.54, 1.807) is 24.3 Å². The van der Waals surface area contributed by atoms with Crippen molar-refractivity contribution >= 4 is 29.3 Å². The highest BCUT2D eigenvalue weighted by molar-refractivity contribution is 7.99. The minimum Gasteiger partial charge on any atom is -0.483 e. The number of benzene rings is 2. The molecule has 1 aromatic heterocycles. The summed E-state index contributed by atoms with van der Waals surface area (Å²) in [4.78, 5) is 23.9. The molecule has 0 radical (unpaired) electrons. The lowest BCUT2D eigenvalue weighted by atomic mass is 10.1. The Hall–Kier alpha value is -3.33. The molecule has 1 unspecified atom stereocenters. The van der Waals surface area contributed by atoms with Crippen molar-refractivity contribution in [3.63, 3.8) is 0 Å². The van der Waals surface area contributed by atoms with Gasteiger partial charge in [-0.05, 0) is 50.6 Å². The van der Waals surface area contributed by atoms with Gasteiger partial charge in [-0.15, -0.1) is 10.2 Å². The first-order valence-electron chi connectivity index (χ1n) is 9.87. The van der Waals surface area contributed by atoms with Gasteiger partial charge >= 0.3 is 0 Å². The van der Waals surface area contributed by atoms with Crippen molar-refractivity contribution in [2.75, 3.05) is 11.1 Å². The van der Waals surface area contributed by atoms with E-state index >= 15 is 0 Å². The van der Waals surface area contributed by atoms with Crippen molar-refractivity contribution in [3.05, 3.63) is 65.5 Å². The second-order valence-electron chi connectivity index (χ2n) is 6.91. The zero-order chi connectivity index (χ0) is 22.4. The molecule has 8 nitrogen and oxygen atoms in total. The maximum Gasteiger partial charge on any atom is 0.250 e. The Kier molecular flexibility index (Phi) is 7.30. The zero-order valence-corrected chi connectivity index (χ0v) is 18.5. The molecule has 2 aromatic carbocycles. The number of para-hydroxylation sites is 1. The van der Waals surface area contributed by atoms with Gasteiger partial charge in [0.25, 0.3) is 5.91 Å². The highest BCUT2D eigenvalue weighted by Crippen LogP contribution is 2.25. The van der Waals surface area contributed by atoms with E-state index in [0.29, 0.717) is 23.2 Å². The molecule has 3 rings (SSSR count). The number of anilines is 1. The quantitative estimate of drug-likeness (QED) is 0.493. The third-order valence-corrected chi connectivity index (χ3v) is 5.49. The molecule has 0 aliphatic heterocycles. The standard InChI is InChI=1S/C22H25N5O3S/c1-4-27-21(15(3)30-16-9-7-8-14(2)12-16)25-26-22(27)31-13-19(28)24-18-11-6-5-10-17(18)20(23)29/h5-12,15H,4,13H2,1-3H3,(H2,23,29)(H,24,28). The summed E-state index contributed by atoms with van der Waals surface area (Å²) in [5.74, 6) is 0.695. The first-order valence-corrected chi connectivity index (χ1v) is 10.9. The highest BCUT2D eigenvalue weighted by Gasteiger charge is 2.20. The Balaban J connectivity index is 1.65. The molecule has 0 aliphatic carbocycles. The van der Waals surface area contributed by atoms with Crippen LogP contribution in [0.25, 0.3) is 0 Å². The number of nitrogens with two attached hydrogens (primary N) is 1. The number of aromatic nitrogens is 3. The van der Waals surface area contributed by atoms with E-state index in [4.69, 9.17) is 10.5 Å². The summed E-state index contributed by atoms with van der Waals surface area (Å²) in [6.07, 6.45) is -0.306. The van der Waals surface area contributed by atoms with Crippen LogP contribution in [0.4, 0.5) is 5.69 Å². The minimum atomic E-state index is -0.596. The normalized spacial score (nSPS) is 11.7. The van der Waals surface area contributed by atoms with Crippen LogP contribution in [0.15, 0.2) is 53.7 Å². The zero-order valence-electron chi connectivity index (χ0n) is 17.7. The number of thioether (sulfide) groups is 1. The molecule has 31 heavy (non-hydrogen) atoms. The molecule has 3 N–H and O–H groups in total. The van der Waals surface area contributed by atoms with Crippen LogP contribution < -0.4 is 15.8 Å². The van der Waals surface area contributed by atoms with Crippen LogP contribution in [-0.4, -0.2) is 32.3 Å². The van der Waals surface area contributed by atoms with Gasteiger partial charge in [0.1, 0.15) is 5.75 Å². The number of primary amides is 1. The van der Waals surface area contributed by atoms with Crippen LogP contribution in [-0.2, 0) is 11.3 Å². The van der Waals surface area contributed by atoms with Crippen molar-refractivity contribution in [2.24, 2.45) is 5.73 Å². The van der Waals surface area contributed by atoms with Gasteiger partial charge in [0, 0.05) is 6.54 Å².